The zero-order valence-corrected chi connectivity index (χ0v) is 11.1. The number of carbonyl (C=O) groups is 1. The standard InChI is InChI=1S/C14H12FN5O/c1-8-7-16-13(17-8)9-4-2-3-5-10(9)18-14(21)11-6-12(15)20-19-11/h2-7H,1H3,(H,16,17)(H,18,21)(H,19,20). The number of aromatic amines is 2. The highest BCUT2D eigenvalue weighted by molar-refractivity contribution is 6.04. The maximum atomic E-state index is 12.9. The van der Waals surface area contributed by atoms with Crippen LogP contribution in [0.1, 0.15) is 16.2 Å². The number of amides is 1. The first-order valence-corrected chi connectivity index (χ1v) is 6.27. The second-order valence-electron chi connectivity index (χ2n) is 4.52. The number of carbonyl (C=O) groups excluding carboxylic acids is 1. The second kappa shape index (κ2) is 5.20. The minimum absolute atomic E-state index is 0.0158. The Hall–Kier alpha value is -2.96. The van der Waals surface area contributed by atoms with Gasteiger partial charge in [-0.15, -0.1) is 0 Å². The number of nitrogens with zero attached hydrogens (tertiary/aromatic N) is 2. The van der Waals surface area contributed by atoms with E-state index in [0.29, 0.717) is 11.5 Å². The molecule has 1 aromatic carbocycles. The molecule has 0 bridgehead atoms. The van der Waals surface area contributed by atoms with Crippen LogP contribution in [0.15, 0.2) is 36.5 Å². The number of rotatable bonds is 3. The predicted octanol–water partition coefficient (Wildman–Crippen LogP) is 2.50. The minimum atomic E-state index is -0.657. The van der Waals surface area contributed by atoms with Crippen LogP contribution in [-0.2, 0) is 0 Å². The molecule has 2 aromatic heterocycles. The number of hydrogen-bond acceptors (Lipinski definition) is 3. The smallest absolute Gasteiger partial charge is 0.276 e. The Bertz CT molecular complexity index is 792. The van der Waals surface area contributed by atoms with Crippen LogP contribution in [-0.4, -0.2) is 26.1 Å². The Labute approximate surface area is 119 Å². The molecule has 0 unspecified atom stereocenters. The van der Waals surface area contributed by atoms with E-state index in [1.807, 2.05) is 19.1 Å². The van der Waals surface area contributed by atoms with Crippen LogP contribution >= 0.6 is 0 Å². The first-order chi connectivity index (χ1) is 10.1. The summed E-state index contributed by atoms with van der Waals surface area (Å²) in [7, 11) is 0. The third-order valence-electron chi connectivity index (χ3n) is 2.91. The summed E-state index contributed by atoms with van der Waals surface area (Å²) in [5.74, 6) is -0.502. The van der Waals surface area contributed by atoms with Crippen molar-refractivity contribution in [2.75, 3.05) is 5.32 Å². The van der Waals surface area contributed by atoms with Crippen LogP contribution in [0.5, 0.6) is 0 Å². The molecule has 3 rings (SSSR count). The van der Waals surface area contributed by atoms with Crippen molar-refractivity contribution in [1.82, 2.24) is 20.2 Å². The van der Waals surface area contributed by atoms with Crippen molar-refractivity contribution < 1.29 is 9.18 Å². The Balaban J connectivity index is 1.91. The lowest BCUT2D eigenvalue weighted by Crippen LogP contribution is -2.13. The van der Waals surface area contributed by atoms with Gasteiger partial charge in [-0.2, -0.15) is 9.49 Å². The van der Waals surface area contributed by atoms with Crippen molar-refractivity contribution in [1.29, 1.82) is 0 Å². The lowest BCUT2D eigenvalue weighted by atomic mass is 10.1. The van der Waals surface area contributed by atoms with E-state index >= 15 is 0 Å². The summed E-state index contributed by atoms with van der Waals surface area (Å²) in [6, 6.07) is 8.25. The Morgan fingerprint density at radius 3 is 2.81 bits per heavy atom. The van der Waals surface area contributed by atoms with E-state index < -0.39 is 11.9 Å². The number of anilines is 1. The third-order valence-corrected chi connectivity index (χ3v) is 2.91. The summed E-state index contributed by atoms with van der Waals surface area (Å²) < 4.78 is 12.9. The van der Waals surface area contributed by atoms with E-state index in [0.717, 1.165) is 17.3 Å². The first kappa shape index (κ1) is 13.0. The highest BCUT2D eigenvalue weighted by atomic mass is 19.1. The van der Waals surface area contributed by atoms with Gasteiger partial charge in [-0.3, -0.25) is 9.89 Å². The predicted molar refractivity (Wildman–Crippen MR) is 75.3 cm³/mol. The van der Waals surface area contributed by atoms with Crippen molar-refractivity contribution in [2.24, 2.45) is 0 Å². The Morgan fingerprint density at radius 2 is 2.14 bits per heavy atom. The molecule has 21 heavy (non-hydrogen) atoms. The maximum absolute atomic E-state index is 12.9. The van der Waals surface area contributed by atoms with Gasteiger partial charge in [-0.1, -0.05) is 12.1 Å². The Kier molecular flexibility index (Phi) is 3.23. The number of nitrogens with one attached hydrogen (secondary N) is 3. The van der Waals surface area contributed by atoms with Crippen LogP contribution < -0.4 is 5.32 Å². The molecule has 1 amide bonds. The molecular formula is C14H12FN5O. The average Bonchev–Trinajstić information content (AvgIpc) is 3.08. The van der Waals surface area contributed by atoms with Crippen molar-refractivity contribution in [3.8, 4) is 11.4 Å². The molecule has 0 radical (unpaired) electrons. The van der Waals surface area contributed by atoms with Gasteiger partial charge in [0.15, 0.2) is 5.69 Å². The van der Waals surface area contributed by atoms with E-state index in [1.165, 1.54) is 0 Å². The first-order valence-electron chi connectivity index (χ1n) is 6.27. The zero-order valence-electron chi connectivity index (χ0n) is 11.1. The highest BCUT2D eigenvalue weighted by Gasteiger charge is 2.14. The van der Waals surface area contributed by atoms with E-state index in [1.54, 1.807) is 18.3 Å². The number of halogens is 1. The molecule has 106 valence electrons. The fourth-order valence-electron chi connectivity index (χ4n) is 1.95. The summed E-state index contributed by atoms with van der Waals surface area (Å²) in [6.45, 7) is 1.89. The van der Waals surface area contributed by atoms with Crippen molar-refractivity contribution in [3.05, 3.63) is 53.9 Å². The molecule has 0 spiro atoms. The Morgan fingerprint density at radius 1 is 1.33 bits per heavy atom. The zero-order chi connectivity index (χ0) is 14.8. The molecule has 3 aromatic rings. The lowest BCUT2D eigenvalue weighted by molar-refractivity contribution is 0.102. The fourth-order valence-corrected chi connectivity index (χ4v) is 1.95. The van der Waals surface area contributed by atoms with Gasteiger partial charge in [-0.05, 0) is 19.1 Å². The molecule has 0 aliphatic heterocycles. The van der Waals surface area contributed by atoms with Gasteiger partial charge < -0.3 is 10.3 Å². The van der Waals surface area contributed by atoms with E-state index in [2.05, 4.69) is 25.5 Å². The molecule has 0 saturated heterocycles. The highest BCUT2D eigenvalue weighted by Crippen LogP contribution is 2.25. The third kappa shape index (κ3) is 2.66. The van der Waals surface area contributed by atoms with Crippen LogP contribution in [0.2, 0.25) is 0 Å². The fraction of sp³-hybridized carbons (Fsp3) is 0.0714. The normalized spacial score (nSPS) is 10.6. The van der Waals surface area contributed by atoms with Crippen LogP contribution in [0.4, 0.5) is 10.1 Å². The number of imidazole rings is 1. The number of para-hydroxylation sites is 1. The van der Waals surface area contributed by atoms with Gasteiger partial charge in [0.05, 0.1) is 5.69 Å². The summed E-state index contributed by atoms with van der Waals surface area (Å²) in [5, 5.41) is 8.37. The summed E-state index contributed by atoms with van der Waals surface area (Å²) >= 11 is 0. The minimum Gasteiger partial charge on any atom is -0.342 e. The molecule has 0 saturated carbocycles. The molecular weight excluding hydrogens is 273 g/mol. The topological polar surface area (TPSA) is 86.5 Å². The van der Waals surface area contributed by atoms with Gasteiger partial charge in [0.1, 0.15) is 5.82 Å². The summed E-state index contributed by atoms with van der Waals surface area (Å²) in [6.07, 6.45) is 1.71. The maximum Gasteiger partial charge on any atom is 0.276 e. The van der Waals surface area contributed by atoms with E-state index in [4.69, 9.17) is 0 Å². The number of aromatic nitrogens is 4. The lowest BCUT2D eigenvalue weighted by Gasteiger charge is -2.08. The molecule has 0 aliphatic carbocycles. The van der Waals surface area contributed by atoms with Gasteiger partial charge in [0.25, 0.3) is 5.91 Å². The van der Waals surface area contributed by atoms with Crippen molar-refractivity contribution >= 4 is 11.6 Å². The van der Waals surface area contributed by atoms with Crippen molar-refractivity contribution in [3.63, 3.8) is 0 Å². The van der Waals surface area contributed by atoms with Crippen molar-refractivity contribution in [2.45, 2.75) is 6.92 Å². The van der Waals surface area contributed by atoms with Gasteiger partial charge in [-0.25, -0.2) is 4.98 Å². The van der Waals surface area contributed by atoms with Crippen LogP contribution in [0.25, 0.3) is 11.4 Å². The summed E-state index contributed by atoms with van der Waals surface area (Å²) in [5.41, 5.74) is 2.22. The number of hydrogen-bond donors (Lipinski definition) is 3. The van der Waals surface area contributed by atoms with E-state index in [9.17, 15) is 9.18 Å². The molecule has 7 heteroatoms. The van der Waals surface area contributed by atoms with Crippen LogP contribution in [0, 0.1) is 12.9 Å². The number of H-pyrrole nitrogens is 2. The van der Waals surface area contributed by atoms with E-state index in [-0.39, 0.29) is 5.69 Å². The number of aryl methyl sites for hydroxylation is 1. The van der Waals surface area contributed by atoms with Crippen LogP contribution in [0.3, 0.4) is 0 Å². The summed E-state index contributed by atoms with van der Waals surface area (Å²) in [4.78, 5) is 19.4. The molecule has 0 atom stereocenters. The van der Waals surface area contributed by atoms with Gasteiger partial charge in [0, 0.05) is 23.5 Å². The largest absolute Gasteiger partial charge is 0.342 e. The average molecular weight is 285 g/mol. The molecule has 0 aliphatic rings. The molecule has 6 nitrogen and oxygen atoms in total. The number of benzene rings is 1. The molecule has 2 heterocycles. The quantitative estimate of drug-likeness (QED) is 0.691. The monoisotopic (exact) mass is 285 g/mol. The second-order valence-corrected chi connectivity index (χ2v) is 4.52. The molecule has 3 N–H and O–H groups in total. The SMILES string of the molecule is Cc1cnc(-c2ccccc2NC(=O)c2cc(F)[nH]n2)[nH]1. The van der Waals surface area contributed by atoms with Gasteiger partial charge in [0.2, 0.25) is 5.95 Å². The molecule has 0 fully saturated rings. The van der Waals surface area contributed by atoms with Gasteiger partial charge >= 0.3 is 0 Å².